The molecule has 96 valence electrons. The van der Waals surface area contributed by atoms with E-state index in [0.29, 0.717) is 5.54 Å². The Balaban J connectivity index is 2.49. The minimum absolute atomic E-state index is 0.355. The predicted molar refractivity (Wildman–Crippen MR) is 72.7 cm³/mol. The molecule has 0 saturated carbocycles. The molecule has 1 fully saturated rings. The Hall–Kier alpha value is -0.0400. The second kappa shape index (κ2) is 6.05. The number of hydrogen-bond acceptors (Lipinski definition) is 1. The summed E-state index contributed by atoms with van der Waals surface area (Å²) in [5, 5.41) is 0. The van der Waals surface area contributed by atoms with E-state index in [2.05, 4.69) is 39.5 Å². The molecule has 0 radical (unpaired) electrons. The zero-order valence-electron chi connectivity index (χ0n) is 12.1. The summed E-state index contributed by atoms with van der Waals surface area (Å²) in [5.74, 6) is 1.87. The summed E-state index contributed by atoms with van der Waals surface area (Å²) in [6.45, 7) is 14.4. The van der Waals surface area contributed by atoms with Crippen molar-refractivity contribution in [2.45, 2.75) is 72.3 Å². The second-order valence-electron chi connectivity index (χ2n) is 6.75. The average Bonchev–Trinajstić information content (AvgIpc) is 2.36. The van der Waals surface area contributed by atoms with E-state index in [4.69, 9.17) is 0 Å². The van der Waals surface area contributed by atoms with Crippen molar-refractivity contribution in [1.82, 2.24) is 4.90 Å². The van der Waals surface area contributed by atoms with Crippen LogP contribution in [0.3, 0.4) is 0 Å². The van der Waals surface area contributed by atoms with Crippen LogP contribution < -0.4 is 0 Å². The minimum atomic E-state index is 0.355. The molecule has 2 unspecified atom stereocenters. The Bertz CT molecular complexity index is 192. The van der Waals surface area contributed by atoms with Gasteiger partial charge in [-0.2, -0.15) is 0 Å². The number of nitrogens with zero attached hydrogens (tertiary/aromatic N) is 1. The molecule has 0 bridgehead atoms. The number of likely N-dealkylation sites (tertiary alicyclic amines) is 1. The van der Waals surface area contributed by atoms with Crippen molar-refractivity contribution in [3.05, 3.63) is 0 Å². The summed E-state index contributed by atoms with van der Waals surface area (Å²) in [5.41, 5.74) is 0.355. The molecule has 0 aromatic rings. The van der Waals surface area contributed by atoms with Gasteiger partial charge in [-0.25, -0.2) is 0 Å². The van der Waals surface area contributed by atoms with Crippen LogP contribution in [-0.2, 0) is 0 Å². The molecule has 0 aromatic carbocycles. The Labute approximate surface area is 103 Å². The van der Waals surface area contributed by atoms with Crippen molar-refractivity contribution in [1.29, 1.82) is 0 Å². The Kier molecular flexibility index (Phi) is 5.30. The van der Waals surface area contributed by atoms with Crippen molar-refractivity contribution in [2.75, 3.05) is 13.1 Å². The molecule has 0 aromatic heterocycles. The second-order valence-corrected chi connectivity index (χ2v) is 6.75. The van der Waals surface area contributed by atoms with Crippen molar-refractivity contribution >= 4 is 0 Å². The molecule has 1 nitrogen and oxygen atoms in total. The molecule has 1 saturated heterocycles. The molecule has 1 rings (SSSR count). The van der Waals surface area contributed by atoms with Gasteiger partial charge in [0.1, 0.15) is 0 Å². The van der Waals surface area contributed by atoms with Gasteiger partial charge >= 0.3 is 0 Å². The van der Waals surface area contributed by atoms with Gasteiger partial charge in [0.25, 0.3) is 0 Å². The van der Waals surface area contributed by atoms with Gasteiger partial charge in [0.2, 0.25) is 0 Å². The standard InChI is InChI=1S/C15H31N/c1-6-7-8-14-9-10-16(15(3,4)5)12-13(2)11-14/h13-14H,6-12H2,1-5H3. The highest BCUT2D eigenvalue weighted by molar-refractivity contribution is 4.82. The predicted octanol–water partition coefficient (Wildman–Crippen LogP) is 4.32. The monoisotopic (exact) mass is 225 g/mol. The lowest BCUT2D eigenvalue weighted by molar-refractivity contribution is 0.127. The van der Waals surface area contributed by atoms with Gasteiger partial charge in [0, 0.05) is 12.1 Å². The summed E-state index contributed by atoms with van der Waals surface area (Å²) in [6.07, 6.45) is 7.10. The van der Waals surface area contributed by atoms with Gasteiger partial charge in [-0.15, -0.1) is 0 Å². The van der Waals surface area contributed by atoms with E-state index in [1.54, 1.807) is 0 Å². The topological polar surface area (TPSA) is 3.24 Å². The summed E-state index contributed by atoms with van der Waals surface area (Å²) in [4.78, 5) is 2.68. The molecule has 1 heteroatoms. The third kappa shape index (κ3) is 4.45. The fourth-order valence-corrected chi connectivity index (χ4v) is 2.93. The van der Waals surface area contributed by atoms with Crippen LogP contribution in [0.25, 0.3) is 0 Å². The molecular weight excluding hydrogens is 194 g/mol. The molecule has 0 amide bonds. The lowest BCUT2D eigenvalue weighted by Gasteiger charge is -2.35. The van der Waals surface area contributed by atoms with Gasteiger partial charge in [0.15, 0.2) is 0 Å². The van der Waals surface area contributed by atoms with Crippen LogP contribution in [0.4, 0.5) is 0 Å². The summed E-state index contributed by atoms with van der Waals surface area (Å²) >= 11 is 0. The molecule has 1 aliphatic heterocycles. The molecule has 1 heterocycles. The molecular formula is C15H31N. The maximum atomic E-state index is 2.68. The smallest absolute Gasteiger partial charge is 0.0125 e. The van der Waals surface area contributed by atoms with E-state index in [-0.39, 0.29) is 0 Å². The van der Waals surface area contributed by atoms with Crippen LogP contribution >= 0.6 is 0 Å². The van der Waals surface area contributed by atoms with Crippen LogP contribution in [0, 0.1) is 11.8 Å². The van der Waals surface area contributed by atoms with Gasteiger partial charge in [-0.1, -0.05) is 33.1 Å². The van der Waals surface area contributed by atoms with Crippen molar-refractivity contribution in [3.8, 4) is 0 Å². The highest BCUT2D eigenvalue weighted by Crippen LogP contribution is 2.29. The van der Waals surface area contributed by atoms with E-state index >= 15 is 0 Å². The average molecular weight is 225 g/mol. The first-order chi connectivity index (χ1) is 7.43. The first-order valence-electron chi connectivity index (χ1n) is 7.18. The van der Waals surface area contributed by atoms with Gasteiger partial charge in [-0.3, -0.25) is 4.90 Å². The molecule has 16 heavy (non-hydrogen) atoms. The van der Waals surface area contributed by atoms with E-state index in [9.17, 15) is 0 Å². The van der Waals surface area contributed by atoms with Crippen molar-refractivity contribution in [3.63, 3.8) is 0 Å². The lowest BCUT2D eigenvalue weighted by atomic mass is 9.90. The molecule has 1 aliphatic rings. The number of hydrogen-bond donors (Lipinski definition) is 0. The maximum absolute atomic E-state index is 2.68. The zero-order chi connectivity index (χ0) is 12.2. The third-order valence-electron chi connectivity index (χ3n) is 3.99. The quantitative estimate of drug-likeness (QED) is 0.691. The minimum Gasteiger partial charge on any atom is -0.298 e. The van der Waals surface area contributed by atoms with Gasteiger partial charge in [0.05, 0.1) is 0 Å². The molecule has 0 spiro atoms. The van der Waals surface area contributed by atoms with E-state index in [0.717, 1.165) is 11.8 Å². The Morgan fingerprint density at radius 2 is 1.94 bits per heavy atom. The molecule has 2 atom stereocenters. The maximum Gasteiger partial charge on any atom is 0.0125 e. The van der Waals surface area contributed by atoms with Gasteiger partial charge in [-0.05, 0) is 52.0 Å². The van der Waals surface area contributed by atoms with Crippen LogP contribution in [0.1, 0.15) is 66.7 Å². The van der Waals surface area contributed by atoms with E-state index in [1.165, 1.54) is 45.2 Å². The first kappa shape index (κ1) is 14.0. The summed E-state index contributed by atoms with van der Waals surface area (Å²) in [6, 6.07) is 0. The zero-order valence-corrected chi connectivity index (χ0v) is 12.1. The molecule has 0 aliphatic carbocycles. The number of rotatable bonds is 3. The fraction of sp³-hybridized carbons (Fsp3) is 1.00. The van der Waals surface area contributed by atoms with Crippen molar-refractivity contribution in [2.24, 2.45) is 11.8 Å². The SMILES string of the molecule is CCCCC1CCN(C(C)(C)C)CC(C)C1. The highest BCUT2D eigenvalue weighted by Gasteiger charge is 2.27. The normalized spacial score (nSPS) is 29.1. The van der Waals surface area contributed by atoms with E-state index in [1.807, 2.05) is 0 Å². The summed E-state index contributed by atoms with van der Waals surface area (Å²) < 4.78 is 0. The third-order valence-corrected chi connectivity index (χ3v) is 3.99. The first-order valence-corrected chi connectivity index (χ1v) is 7.18. The largest absolute Gasteiger partial charge is 0.298 e. The highest BCUT2D eigenvalue weighted by atomic mass is 15.2. The number of unbranched alkanes of at least 4 members (excludes halogenated alkanes) is 1. The van der Waals surface area contributed by atoms with Gasteiger partial charge < -0.3 is 0 Å². The van der Waals surface area contributed by atoms with Crippen LogP contribution in [-0.4, -0.2) is 23.5 Å². The summed E-state index contributed by atoms with van der Waals surface area (Å²) in [7, 11) is 0. The fourth-order valence-electron chi connectivity index (χ4n) is 2.93. The van der Waals surface area contributed by atoms with Crippen LogP contribution in [0.5, 0.6) is 0 Å². The van der Waals surface area contributed by atoms with E-state index < -0.39 is 0 Å². The lowest BCUT2D eigenvalue weighted by Crippen LogP contribution is -2.43. The van der Waals surface area contributed by atoms with Crippen LogP contribution in [0.2, 0.25) is 0 Å². The Morgan fingerprint density at radius 3 is 2.50 bits per heavy atom. The molecule has 0 N–H and O–H groups in total. The van der Waals surface area contributed by atoms with Crippen molar-refractivity contribution < 1.29 is 0 Å². The van der Waals surface area contributed by atoms with Crippen LogP contribution in [0.15, 0.2) is 0 Å². The Morgan fingerprint density at radius 1 is 1.25 bits per heavy atom.